The summed E-state index contributed by atoms with van der Waals surface area (Å²) in [6.07, 6.45) is 3.18. The summed E-state index contributed by atoms with van der Waals surface area (Å²) in [7, 11) is -3.03. The Morgan fingerprint density at radius 3 is 2.92 bits per heavy atom. The summed E-state index contributed by atoms with van der Waals surface area (Å²) in [5.74, 6) is 0.409. The number of thioether (sulfide) groups is 1. The molecule has 136 valence electrons. The lowest BCUT2D eigenvalue weighted by Crippen LogP contribution is -2.47. The molecule has 0 aliphatic carbocycles. The fourth-order valence-corrected chi connectivity index (χ4v) is 5.62. The molecule has 9 heteroatoms. The van der Waals surface area contributed by atoms with Crippen LogP contribution in [-0.2, 0) is 14.6 Å². The van der Waals surface area contributed by atoms with Crippen LogP contribution in [0.15, 0.2) is 29.6 Å². The Bertz CT molecular complexity index is 865. The van der Waals surface area contributed by atoms with Crippen LogP contribution in [0.4, 0.5) is 0 Å². The Morgan fingerprint density at radius 2 is 2.24 bits per heavy atom. The molecule has 0 bridgehead atoms. The number of nitrogens with zero attached hydrogens (tertiary/aromatic N) is 4. The van der Waals surface area contributed by atoms with Crippen molar-refractivity contribution in [2.24, 2.45) is 0 Å². The molecule has 3 rings (SSSR count). The highest BCUT2D eigenvalue weighted by Gasteiger charge is 2.36. The number of amides is 1. The van der Waals surface area contributed by atoms with E-state index in [1.165, 1.54) is 11.8 Å². The van der Waals surface area contributed by atoms with Gasteiger partial charge in [-0.1, -0.05) is 24.8 Å². The molecule has 0 radical (unpaired) electrons. The predicted octanol–water partition coefficient (Wildman–Crippen LogP) is 1.64. The minimum absolute atomic E-state index is 0.0153. The van der Waals surface area contributed by atoms with Crippen molar-refractivity contribution < 1.29 is 13.2 Å². The molecule has 0 aromatic carbocycles. The lowest BCUT2D eigenvalue weighted by Gasteiger charge is -2.33. The minimum Gasteiger partial charge on any atom is -0.335 e. The Balaban J connectivity index is 1.72. The van der Waals surface area contributed by atoms with Gasteiger partial charge in [0.25, 0.3) is 0 Å². The van der Waals surface area contributed by atoms with Crippen LogP contribution in [0.1, 0.15) is 26.7 Å². The highest BCUT2D eigenvalue weighted by Crippen LogP contribution is 2.24. The number of pyridine rings is 1. The molecule has 2 aromatic rings. The van der Waals surface area contributed by atoms with Crippen molar-refractivity contribution in [2.45, 2.75) is 43.9 Å². The van der Waals surface area contributed by atoms with Crippen molar-refractivity contribution in [3.05, 3.63) is 24.4 Å². The van der Waals surface area contributed by atoms with Crippen LogP contribution in [0, 0.1) is 0 Å². The van der Waals surface area contributed by atoms with Crippen LogP contribution in [0.5, 0.6) is 0 Å². The topological polar surface area (TPSA) is 84.6 Å². The number of sulfone groups is 1. The van der Waals surface area contributed by atoms with E-state index < -0.39 is 9.84 Å². The van der Waals surface area contributed by atoms with E-state index in [-0.39, 0.29) is 35.2 Å². The largest absolute Gasteiger partial charge is 0.335 e. The van der Waals surface area contributed by atoms with Crippen molar-refractivity contribution in [3.8, 4) is 0 Å². The summed E-state index contributed by atoms with van der Waals surface area (Å²) >= 11 is 1.33. The average Bonchev–Trinajstić information content (AvgIpc) is 3.16. The first kappa shape index (κ1) is 18.2. The van der Waals surface area contributed by atoms with Crippen molar-refractivity contribution in [1.29, 1.82) is 0 Å². The van der Waals surface area contributed by atoms with Crippen LogP contribution in [0.2, 0.25) is 0 Å². The van der Waals surface area contributed by atoms with Gasteiger partial charge in [0, 0.05) is 18.3 Å². The average molecular weight is 383 g/mol. The van der Waals surface area contributed by atoms with Gasteiger partial charge in [0.2, 0.25) is 5.91 Å². The number of carbonyl (C=O) groups excluding carboxylic acids is 1. The van der Waals surface area contributed by atoms with Gasteiger partial charge in [0.05, 0.1) is 17.3 Å². The third kappa shape index (κ3) is 3.98. The molecule has 1 saturated heterocycles. The van der Waals surface area contributed by atoms with E-state index in [9.17, 15) is 13.2 Å². The van der Waals surface area contributed by atoms with Gasteiger partial charge in [0.1, 0.15) is 0 Å². The lowest BCUT2D eigenvalue weighted by molar-refractivity contribution is -0.132. The summed E-state index contributed by atoms with van der Waals surface area (Å²) in [5, 5.41) is 8.86. The third-order valence-corrected chi connectivity index (χ3v) is 7.24. The molecule has 0 spiro atoms. The van der Waals surface area contributed by atoms with Gasteiger partial charge >= 0.3 is 0 Å². The van der Waals surface area contributed by atoms with E-state index in [1.807, 2.05) is 42.6 Å². The first-order valence-corrected chi connectivity index (χ1v) is 11.2. The molecule has 1 fully saturated rings. The fraction of sp³-hybridized carbons (Fsp3) is 0.562. The maximum atomic E-state index is 12.8. The second kappa shape index (κ2) is 7.33. The zero-order chi connectivity index (χ0) is 18.0. The molecule has 1 aliphatic rings. The van der Waals surface area contributed by atoms with E-state index in [0.29, 0.717) is 11.6 Å². The molecule has 2 atom stereocenters. The zero-order valence-electron chi connectivity index (χ0n) is 14.3. The van der Waals surface area contributed by atoms with E-state index in [1.54, 1.807) is 4.90 Å². The smallest absolute Gasteiger partial charge is 0.233 e. The van der Waals surface area contributed by atoms with Crippen LogP contribution in [-0.4, -0.2) is 63.2 Å². The van der Waals surface area contributed by atoms with Crippen LogP contribution >= 0.6 is 11.8 Å². The monoisotopic (exact) mass is 382 g/mol. The van der Waals surface area contributed by atoms with Gasteiger partial charge in [0.15, 0.2) is 20.6 Å². The Kier molecular flexibility index (Phi) is 5.33. The van der Waals surface area contributed by atoms with E-state index in [0.717, 1.165) is 12.1 Å². The quantitative estimate of drug-likeness (QED) is 0.706. The Morgan fingerprint density at radius 1 is 1.44 bits per heavy atom. The minimum atomic E-state index is -3.03. The number of hydrogen-bond acceptors (Lipinski definition) is 6. The van der Waals surface area contributed by atoms with Gasteiger partial charge in [-0.05, 0) is 31.9 Å². The maximum Gasteiger partial charge on any atom is 0.233 e. The molecule has 0 unspecified atom stereocenters. The molecule has 7 nitrogen and oxygen atoms in total. The molecular formula is C16H22N4O3S2. The predicted molar refractivity (Wildman–Crippen MR) is 97.4 cm³/mol. The van der Waals surface area contributed by atoms with Gasteiger partial charge in [-0.15, -0.1) is 10.2 Å². The molecule has 0 N–H and O–H groups in total. The van der Waals surface area contributed by atoms with Crippen molar-refractivity contribution in [3.63, 3.8) is 0 Å². The molecule has 0 saturated carbocycles. The van der Waals surface area contributed by atoms with Crippen LogP contribution < -0.4 is 0 Å². The summed E-state index contributed by atoms with van der Waals surface area (Å²) in [5.41, 5.74) is 0.734. The summed E-state index contributed by atoms with van der Waals surface area (Å²) in [4.78, 5) is 14.6. The molecule has 3 heterocycles. The molecule has 2 aromatic heterocycles. The standard InChI is InChI=1S/C16H22N4O3S2/c1-3-12(2)20(13-7-9-25(22,23)11-13)15(21)10-24-16-18-17-14-6-4-5-8-19(14)16/h4-6,8,12-13H,3,7,9-11H2,1-2H3/t12-,13+/m0/s1. The molecule has 1 amide bonds. The highest BCUT2D eigenvalue weighted by atomic mass is 32.2. The summed E-state index contributed by atoms with van der Waals surface area (Å²) in [6, 6.07) is 5.42. The number of fused-ring (bicyclic) bond motifs is 1. The molecule has 25 heavy (non-hydrogen) atoms. The SMILES string of the molecule is CC[C@H](C)N(C(=O)CSc1nnc2ccccn12)[C@@H]1CCS(=O)(=O)C1. The summed E-state index contributed by atoms with van der Waals surface area (Å²) in [6.45, 7) is 3.98. The van der Waals surface area contributed by atoms with Crippen molar-refractivity contribution in [2.75, 3.05) is 17.3 Å². The Hall–Kier alpha value is -1.61. The first-order valence-electron chi connectivity index (χ1n) is 8.35. The van der Waals surface area contributed by atoms with Crippen molar-refractivity contribution in [1.82, 2.24) is 19.5 Å². The van der Waals surface area contributed by atoms with Gasteiger partial charge in [-0.25, -0.2) is 8.42 Å². The van der Waals surface area contributed by atoms with E-state index in [2.05, 4.69) is 10.2 Å². The number of carbonyl (C=O) groups is 1. The van der Waals surface area contributed by atoms with Crippen LogP contribution in [0.25, 0.3) is 5.65 Å². The number of rotatable bonds is 6. The maximum absolute atomic E-state index is 12.8. The van der Waals surface area contributed by atoms with Gasteiger partial charge in [-0.2, -0.15) is 0 Å². The van der Waals surface area contributed by atoms with Gasteiger partial charge < -0.3 is 4.90 Å². The highest BCUT2D eigenvalue weighted by molar-refractivity contribution is 7.99. The normalized spacial score (nSPS) is 20.6. The van der Waals surface area contributed by atoms with Gasteiger partial charge in [-0.3, -0.25) is 9.20 Å². The fourth-order valence-electron chi connectivity index (χ4n) is 3.12. The van der Waals surface area contributed by atoms with Crippen LogP contribution in [0.3, 0.4) is 0 Å². The molecule has 1 aliphatic heterocycles. The molecular weight excluding hydrogens is 360 g/mol. The van der Waals surface area contributed by atoms with E-state index >= 15 is 0 Å². The second-order valence-electron chi connectivity index (χ2n) is 6.32. The summed E-state index contributed by atoms with van der Waals surface area (Å²) < 4.78 is 25.4. The van der Waals surface area contributed by atoms with Crippen molar-refractivity contribution >= 4 is 33.2 Å². The lowest BCUT2D eigenvalue weighted by atomic mass is 10.1. The Labute approximate surface area is 151 Å². The van der Waals surface area contributed by atoms with E-state index in [4.69, 9.17) is 0 Å². The number of hydrogen-bond donors (Lipinski definition) is 0. The third-order valence-electron chi connectivity index (χ3n) is 4.56. The second-order valence-corrected chi connectivity index (χ2v) is 9.49. The zero-order valence-corrected chi connectivity index (χ0v) is 16.0. The first-order chi connectivity index (χ1) is 11.9. The number of aromatic nitrogens is 3.